The second-order valence-corrected chi connectivity index (χ2v) is 5.02. The number of carbonyl (C=O) groups is 2. The highest BCUT2D eigenvalue weighted by molar-refractivity contribution is 5.88. The molecule has 18 heavy (non-hydrogen) atoms. The summed E-state index contributed by atoms with van der Waals surface area (Å²) in [6.07, 6.45) is 1.61. The van der Waals surface area contributed by atoms with Gasteiger partial charge in [-0.05, 0) is 18.8 Å². The lowest BCUT2D eigenvalue weighted by molar-refractivity contribution is -0.139. The lowest BCUT2D eigenvalue weighted by Crippen LogP contribution is -2.54. The number of carbonyl (C=O) groups excluding carboxylic acids is 2. The zero-order valence-electron chi connectivity index (χ0n) is 11.1. The molecule has 0 aliphatic heterocycles. The molecule has 0 radical (unpaired) electrons. The fourth-order valence-electron chi connectivity index (χ4n) is 2.42. The van der Waals surface area contributed by atoms with Crippen LogP contribution >= 0.6 is 0 Å². The van der Waals surface area contributed by atoms with Crippen LogP contribution in [-0.2, 0) is 14.3 Å². The second kappa shape index (κ2) is 6.70. The molecule has 1 saturated carbocycles. The summed E-state index contributed by atoms with van der Waals surface area (Å²) in [6, 6.07) is 0. The summed E-state index contributed by atoms with van der Waals surface area (Å²) in [4.78, 5) is 23.4. The summed E-state index contributed by atoms with van der Waals surface area (Å²) in [7, 11) is 1.57. The van der Waals surface area contributed by atoms with Crippen molar-refractivity contribution < 1.29 is 14.3 Å². The second-order valence-electron chi connectivity index (χ2n) is 5.02. The predicted octanol–water partition coefficient (Wildman–Crippen LogP) is -0.760. The maximum absolute atomic E-state index is 12.0. The molecule has 104 valence electrons. The molecular weight excluding hydrogens is 234 g/mol. The Morgan fingerprint density at radius 1 is 1.39 bits per heavy atom. The summed E-state index contributed by atoms with van der Waals surface area (Å²) < 4.78 is 4.81. The van der Waals surface area contributed by atoms with Gasteiger partial charge in [0.25, 0.3) is 0 Å². The van der Waals surface area contributed by atoms with Crippen LogP contribution in [0.5, 0.6) is 0 Å². The van der Waals surface area contributed by atoms with Crippen molar-refractivity contribution in [3.05, 3.63) is 0 Å². The number of nitrogens with two attached hydrogens (primary N) is 1. The number of amides is 2. The number of methoxy groups -OCH3 is 1. The number of hydrogen-bond acceptors (Lipinski definition) is 4. The van der Waals surface area contributed by atoms with Gasteiger partial charge in [0.2, 0.25) is 11.8 Å². The Morgan fingerprint density at radius 3 is 2.56 bits per heavy atom. The quantitative estimate of drug-likeness (QED) is 0.523. The standard InChI is InChI=1S/C12H23N3O3/c1-9-5-12(6-9,8-13)11(17)15-7-10(16)14-3-4-18-2/h9H,3-8,13H2,1-2H3,(H,14,16)(H,15,17). The minimum Gasteiger partial charge on any atom is -0.383 e. The smallest absolute Gasteiger partial charge is 0.239 e. The van der Waals surface area contributed by atoms with Gasteiger partial charge in [-0.1, -0.05) is 6.92 Å². The number of hydrogen-bond donors (Lipinski definition) is 3. The van der Waals surface area contributed by atoms with Crippen LogP contribution in [0.15, 0.2) is 0 Å². The van der Waals surface area contributed by atoms with E-state index in [0.29, 0.717) is 25.6 Å². The first-order valence-corrected chi connectivity index (χ1v) is 6.28. The number of ether oxygens (including phenoxy) is 1. The zero-order valence-corrected chi connectivity index (χ0v) is 11.1. The van der Waals surface area contributed by atoms with Crippen molar-refractivity contribution in [1.82, 2.24) is 10.6 Å². The molecule has 4 N–H and O–H groups in total. The Labute approximate surface area is 108 Å². The van der Waals surface area contributed by atoms with Crippen LogP contribution in [0, 0.1) is 11.3 Å². The average Bonchev–Trinajstić information content (AvgIpc) is 2.32. The maximum atomic E-state index is 12.0. The van der Waals surface area contributed by atoms with Crippen molar-refractivity contribution in [3.8, 4) is 0 Å². The van der Waals surface area contributed by atoms with Gasteiger partial charge in [-0.25, -0.2) is 0 Å². The third kappa shape index (κ3) is 3.68. The van der Waals surface area contributed by atoms with E-state index in [2.05, 4.69) is 17.6 Å². The van der Waals surface area contributed by atoms with Crippen molar-refractivity contribution >= 4 is 11.8 Å². The van der Waals surface area contributed by atoms with E-state index in [-0.39, 0.29) is 18.4 Å². The summed E-state index contributed by atoms with van der Waals surface area (Å²) in [5, 5.41) is 5.30. The molecule has 0 aromatic rings. The van der Waals surface area contributed by atoms with Crippen LogP contribution < -0.4 is 16.4 Å². The van der Waals surface area contributed by atoms with E-state index < -0.39 is 5.41 Å². The summed E-state index contributed by atoms with van der Waals surface area (Å²) in [6.45, 7) is 3.35. The molecule has 0 aromatic carbocycles. The monoisotopic (exact) mass is 257 g/mol. The predicted molar refractivity (Wildman–Crippen MR) is 67.8 cm³/mol. The van der Waals surface area contributed by atoms with Gasteiger partial charge in [-0.15, -0.1) is 0 Å². The molecule has 1 fully saturated rings. The van der Waals surface area contributed by atoms with Gasteiger partial charge in [0, 0.05) is 20.2 Å². The van der Waals surface area contributed by atoms with Crippen molar-refractivity contribution in [2.75, 3.05) is 33.4 Å². The lowest BCUT2D eigenvalue weighted by Gasteiger charge is -2.44. The molecule has 0 heterocycles. The van der Waals surface area contributed by atoms with Gasteiger partial charge in [-0.3, -0.25) is 9.59 Å². The molecule has 0 aromatic heterocycles. The topological polar surface area (TPSA) is 93.5 Å². The lowest BCUT2D eigenvalue weighted by atomic mass is 9.62. The third-order valence-corrected chi connectivity index (χ3v) is 3.39. The van der Waals surface area contributed by atoms with Gasteiger partial charge in [0.05, 0.1) is 18.6 Å². The van der Waals surface area contributed by atoms with E-state index in [1.165, 1.54) is 0 Å². The summed E-state index contributed by atoms with van der Waals surface area (Å²) >= 11 is 0. The first-order valence-electron chi connectivity index (χ1n) is 6.28. The van der Waals surface area contributed by atoms with Crippen LogP contribution in [-0.4, -0.2) is 45.2 Å². The number of nitrogens with one attached hydrogen (secondary N) is 2. The molecule has 1 aliphatic carbocycles. The molecule has 6 nitrogen and oxygen atoms in total. The Balaban J connectivity index is 2.26. The van der Waals surface area contributed by atoms with Crippen LogP contribution in [0.3, 0.4) is 0 Å². The van der Waals surface area contributed by atoms with E-state index >= 15 is 0 Å². The van der Waals surface area contributed by atoms with Crippen molar-refractivity contribution in [2.45, 2.75) is 19.8 Å². The van der Waals surface area contributed by atoms with Gasteiger partial charge < -0.3 is 21.1 Å². The van der Waals surface area contributed by atoms with Gasteiger partial charge in [0.15, 0.2) is 0 Å². The van der Waals surface area contributed by atoms with E-state index in [0.717, 1.165) is 12.8 Å². The number of rotatable bonds is 7. The van der Waals surface area contributed by atoms with E-state index in [9.17, 15) is 9.59 Å². The van der Waals surface area contributed by atoms with Crippen LogP contribution in [0.1, 0.15) is 19.8 Å². The zero-order chi connectivity index (χ0) is 13.6. The fourth-order valence-corrected chi connectivity index (χ4v) is 2.42. The van der Waals surface area contributed by atoms with Crippen LogP contribution in [0.2, 0.25) is 0 Å². The van der Waals surface area contributed by atoms with Gasteiger partial charge in [0.1, 0.15) is 0 Å². The maximum Gasteiger partial charge on any atom is 0.239 e. The normalized spacial score (nSPS) is 26.3. The highest BCUT2D eigenvalue weighted by atomic mass is 16.5. The van der Waals surface area contributed by atoms with E-state index in [4.69, 9.17) is 10.5 Å². The first kappa shape index (κ1) is 14.9. The Hall–Kier alpha value is -1.14. The third-order valence-electron chi connectivity index (χ3n) is 3.39. The Kier molecular flexibility index (Phi) is 5.55. The molecule has 0 saturated heterocycles. The highest BCUT2D eigenvalue weighted by Crippen LogP contribution is 2.44. The summed E-state index contributed by atoms with van der Waals surface area (Å²) in [5.74, 6) is 0.222. The Bertz CT molecular complexity index is 301. The van der Waals surface area contributed by atoms with E-state index in [1.54, 1.807) is 7.11 Å². The highest BCUT2D eigenvalue weighted by Gasteiger charge is 2.46. The first-order chi connectivity index (χ1) is 8.54. The minimum absolute atomic E-state index is 0.00131. The van der Waals surface area contributed by atoms with E-state index in [1.807, 2.05) is 0 Å². The van der Waals surface area contributed by atoms with Crippen molar-refractivity contribution in [3.63, 3.8) is 0 Å². The molecule has 0 unspecified atom stereocenters. The van der Waals surface area contributed by atoms with Crippen molar-refractivity contribution in [2.24, 2.45) is 17.1 Å². The largest absolute Gasteiger partial charge is 0.383 e. The average molecular weight is 257 g/mol. The molecular formula is C12H23N3O3. The van der Waals surface area contributed by atoms with Crippen LogP contribution in [0.4, 0.5) is 0 Å². The minimum atomic E-state index is -0.452. The van der Waals surface area contributed by atoms with Crippen LogP contribution in [0.25, 0.3) is 0 Å². The molecule has 6 heteroatoms. The molecule has 0 bridgehead atoms. The SMILES string of the molecule is COCCNC(=O)CNC(=O)C1(CN)CC(C)C1. The summed E-state index contributed by atoms with van der Waals surface area (Å²) in [5.41, 5.74) is 5.21. The molecule has 2 amide bonds. The molecule has 1 rings (SSSR count). The van der Waals surface area contributed by atoms with Crippen molar-refractivity contribution in [1.29, 1.82) is 0 Å². The molecule has 0 spiro atoms. The molecule has 0 atom stereocenters. The molecule has 1 aliphatic rings. The van der Waals surface area contributed by atoms with Gasteiger partial charge >= 0.3 is 0 Å². The fraction of sp³-hybridized carbons (Fsp3) is 0.833. The Morgan fingerprint density at radius 2 is 2.06 bits per heavy atom. The van der Waals surface area contributed by atoms with Gasteiger partial charge in [-0.2, -0.15) is 0 Å².